The van der Waals surface area contributed by atoms with Crippen molar-refractivity contribution in [2.24, 2.45) is 5.73 Å². The predicted molar refractivity (Wildman–Crippen MR) is 77.7 cm³/mol. The van der Waals surface area contributed by atoms with Crippen LogP contribution in [0.2, 0.25) is 0 Å². The first-order chi connectivity index (χ1) is 8.52. The molecule has 100 valence electrons. The molecule has 1 aliphatic heterocycles. The smallest absolute Gasteiger partial charge is 0.0470 e. The number of nitrogens with two attached hydrogens (primary N) is 1. The topological polar surface area (TPSA) is 29.3 Å². The molecule has 0 amide bonds. The van der Waals surface area contributed by atoms with Gasteiger partial charge in [-0.1, -0.05) is 45.0 Å². The van der Waals surface area contributed by atoms with Gasteiger partial charge in [0.05, 0.1) is 0 Å². The third-order valence-electron chi connectivity index (χ3n) is 3.97. The van der Waals surface area contributed by atoms with E-state index >= 15 is 0 Å². The van der Waals surface area contributed by atoms with E-state index in [4.69, 9.17) is 5.73 Å². The molecule has 1 saturated heterocycles. The Balaban J connectivity index is 2.16. The fourth-order valence-corrected chi connectivity index (χ4v) is 2.75. The summed E-state index contributed by atoms with van der Waals surface area (Å²) in [7, 11) is 0. The molecule has 0 radical (unpaired) electrons. The van der Waals surface area contributed by atoms with Gasteiger partial charge < -0.3 is 5.73 Å². The van der Waals surface area contributed by atoms with Crippen molar-refractivity contribution < 1.29 is 0 Å². The summed E-state index contributed by atoms with van der Waals surface area (Å²) in [6.07, 6.45) is 2.63. The standard InChI is InChI=1S/C16H26N2/c1-16(2,3)14-8-6-13(7-9-14)15(12-17)18-10-4-5-11-18/h6-9,15H,4-5,10-12,17H2,1-3H3. The number of likely N-dealkylation sites (tertiary alicyclic amines) is 1. The molecule has 2 nitrogen and oxygen atoms in total. The minimum absolute atomic E-state index is 0.227. The fraction of sp³-hybridized carbons (Fsp3) is 0.625. The van der Waals surface area contributed by atoms with Gasteiger partial charge in [-0.05, 0) is 42.5 Å². The molecule has 18 heavy (non-hydrogen) atoms. The molecule has 1 unspecified atom stereocenters. The number of hydrogen-bond acceptors (Lipinski definition) is 2. The maximum atomic E-state index is 5.97. The lowest BCUT2D eigenvalue weighted by Gasteiger charge is -2.27. The summed E-state index contributed by atoms with van der Waals surface area (Å²) < 4.78 is 0. The van der Waals surface area contributed by atoms with Gasteiger partial charge in [-0.3, -0.25) is 4.90 Å². The highest BCUT2D eigenvalue weighted by molar-refractivity contribution is 5.29. The summed E-state index contributed by atoms with van der Waals surface area (Å²) in [6.45, 7) is 9.87. The molecule has 1 fully saturated rings. The van der Waals surface area contributed by atoms with Crippen LogP contribution >= 0.6 is 0 Å². The van der Waals surface area contributed by atoms with E-state index in [1.54, 1.807) is 0 Å². The van der Waals surface area contributed by atoms with Crippen LogP contribution in [0.25, 0.3) is 0 Å². The molecular formula is C16H26N2. The molecule has 1 aromatic carbocycles. The molecule has 2 heteroatoms. The lowest BCUT2D eigenvalue weighted by molar-refractivity contribution is 0.251. The second-order valence-electron chi connectivity index (χ2n) is 6.37. The first-order valence-corrected chi connectivity index (χ1v) is 7.07. The normalized spacial score (nSPS) is 19.1. The van der Waals surface area contributed by atoms with Gasteiger partial charge in [-0.15, -0.1) is 0 Å². The van der Waals surface area contributed by atoms with Gasteiger partial charge in [0.25, 0.3) is 0 Å². The largest absolute Gasteiger partial charge is 0.329 e. The van der Waals surface area contributed by atoms with Crippen LogP contribution in [0.15, 0.2) is 24.3 Å². The van der Waals surface area contributed by atoms with Gasteiger partial charge in [0.15, 0.2) is 0 Å². The number of nitrogens with zero attached hydrogens (tertiary/aromatic N) is 1. The van der Waals surface area contributed by atoms with Crippen molar-refractivity contribution in [3.05, 3.63) is 35.4 Å². The van der Waals surface area contributed by atoms with Crippen LogP contribution in [0.1, 0.15) is 50.8 Å². The monoisotopic (exact) mass is 246 g/mol. The molecule has 2 rings (SSSR count). The van der Waals surface area contributed by atoms with Crippen molar-refractivity contribution in [1.29, 1.82) is 0 Å². The number of benzene rings is 1. The van der Waals surface area contributed by atoms with Gasteiger partial charge >= 0.3 is 0 Å². The van der Waals surface area contributed by atoms with Crippen LogP contribution in [0, 0.1) is 0 Å². The SMILES string of the molecule is CC(C)(C)c1ccc(C(CN)N2CCCC2)cc1. The summed E-state index contributed by atoms with van der Waals surface area (Å²) in [5.41, 5.74) is 8.95. The molecule has 1 heterocycles. The Kier molecular flexibility index (Phi) is 4.08. The zero-order valence-corrected chi connectivity index (χ0v) is 11.9. The molecular weight excluding hydrogens is 220 g/mol. The van der Waals surface area contributed by atoms with Gasteiger partial charge in [0.2, 0.25) is 0 Å². The molecule has 1 aromatic rings. The maximum absolute atomic E-state index is 5.97. The Hall–Kier alpha value is -0.860. The second kappa shape index (κ2) is 5.41. The van der Waals surface area contributed by atoms with Crippen LogP contribution < -0.4 is 5.73 Å². The van der Waals surface area contributed by atoms with E-state index in [1.165, 1.54) is 37.1 Å². The Labute approximate surface area is 111 Å². The minimum atomic E-state index is 0.227. The predicted octanol–water partition coefficient (Wildman–Crippen LogP) is 3.08. The zero-order valence-electron chi connectivity index (χ0n) is 11.9. The third kappa shape index (κ3) is 2.93. The Morgan fingerprint density at radius 1 is 1.11 bits per heavy atom. The highest BCUT2D eigenvalue weighted by atomic mass is 15.2. The molecule has 0 saturated carbocycles. The first-order valence-electron chi connectivity index (χ1n) is 7.07. The Morgan fingerprint density at radius 2 is 1.67 bits per heavy atom. The Morgan fingerprint density at radius 3 is 2.11 bits per heavy atom. The van der Waals surface area contributed by atoms with Crippen molar-refractivity contribution in [2.45, 2.75) is 45.1 Å². The first kappa shape index (κ1) is 13.6. The van der Waals surface area contributed by atoms with Gasteiger partial charge in [-0.2, -0.15) is 0 Å². The quantitative estimate of drug-likeness (QED) is 0.888. The van der Waals surface area contributed by atoms with E-state index in [-0.39, 0.29) is 5.41 Å². The van der Waals surface area contributed by atoms with E-state index in [9.17, 15) is 0 Å². The summed E-state index contributed by atoms with van der Waals surface area (Å²) in [6, 6.07) is 9.44. The average Bonchev–Trinajstić information content (AvgIpc) is 2.83. The van der Waals surface area contributed by atoms with Crippen molar-refractivity contribution in [1.82, 2.24) is 4.90 Å². The van der Waals surface area contributed by atoms with Crippen LogP contribution in [0.5, 0.6) is 0 Å². The molecule has 2 N–H and O–H groups in total. The third-order valence-corrected chi connectivity index (χ3v) is 3.97. The molecule has 1 atom stereocenters. The fourth-order valence-electron chi connectivity index (χ4n) is 2.75. The second-order valence-corrected chi connectivity index (χ2v) is 6.37. The lowest BCUT2D eigenvalue weighted by atomic mass is 9.86. The summed E-state index contributed by atoms with van der Waals surface area (Å²) in [4.78, 5) is 2.52. The van der Waals surface area contributed by atoms with E-state index in [1.807, 2.05) is 0 Å². The van der Waals surface area contributed by atoms with Crippen molar-refractivity contribution in [2.75, 3.05) is 19.6 Å². The highest BCUT2D eigenvalue weighted by Crippen LogP contribution is 2.27. The average molecular weight is 246 g/mol. The molecule has 0 spiro atoms. The van der Waals surface area contributed by atoms with Crippen LogP contribution in [-0.4, -0.2) is 24.5 Å². The molecule has 0 bridgehead atoms. The minimum Gasteiger partial charge on any atom is -0.329 e. The molecule has 1 aliphatic rings. The number of hydrogen-bond donors (Lipinski definition) is 1. The summed E-state index contributed by atoms with van der Waals surface area (Å²) in [5, 5.41) is 0. The van der Waals surface area contributed by atoms with Crippen molar-refractivity contribution in [3.63, 3.8) is 0 Å². The van der Waals surface area contributed by atoms with Crippen LogP contribution in [0.3, 0.4) is 0 Å². The van der Waals surface area contributed by atoms with Gasteiger partial charge in [0, 0.05) is 12.6 Å². The maximum Gasteiger partial charge on any atom is 0.0470 e. The lowest BCUT2D eigenvalue weighted by Crippen LogP contribution is -2.31. The number of rotatable bonds is 3. The highest BCUT2D eigenvalue weighted by Gasteiger charge is 2.22. The summed E-state index contributed by atoms with van der Waals surface area (Å²) >= 11 is 0. The van der Waals surface area contributed by atoms with Crippen LogP contribution in [0.4, 0.5) is 0 Å². The van der Waals surface area contributed by atoms with E-state index in [0.29, 0.717) is 6.04 Å². The van der Waals surface area contributed by atoms with E-state index < -0.39 is 0 Å². The zero-order chi connectivity index (χ0) is 13.2. The van der Waals surface area contributed by atoms with Crippen LogP contribution in [-0.2, 0) is 5.41 Å². The van der Waals surface area contributed by atoms with Gasteiger partial charge in [0.1, 0.15) is 0 Å². The van der Waals surface area contributed by atoms with E-state index in [0.717, 1.165) is 6.54 Å². The molecule has 0 aromatic heterocycles. The van der Waals surface area contributed by atoms with Gasteiger partial charge in [-0.25, -0.2) is 0 Å². The van der Waals surface area contributed by atoms with Crippen molar-refractivity contribution in [3.8, 4) is 0 Å². The summed E-state index contributed by atoms with van der Waals surface area (Å²) in [5.74, 6) is 0. The Bertz CT molecular complexity index is 369. The van der Waals surface area contributed by atoms with Crippen molar-refractivity contribution >= 4 is 0 Å². The molecule has 0 aliphatic carbocycles. The van der Waals surface area contributed by atoms with E-state index in [2.05, 4.69) is 49.9 Å².